The Morgan fingerprint density at radius 3 is 2.79 bits per heavy atom. The Morgan fingerprint density at radius 1 is 1.26 bits per heavy atom. The van der Waals surface area contributed by atoms with Crippen LogP contribution in [0.2, 0.25) is 0 Å². The van der Waals surface area contributed by atoms with Crippen molar-refractivity contribution in [3.63, 3.8) is 0 Å². The number of ether oxygens (including phenoxy) is 1. The highest BCUT2D eigenvalue weighted by atomic mass is 35.5. The molecule has 19 heavy (non-hydrogen) atoms. The van der Waals surface area contributed by atoms with Gasteiger partial charge in [-0.15, -0.1) is 11.6 Å². The van der Waals surface area contributed by atoms with Crippen molar-refractivity contribution in [2.24, 2.45) is 0 Å². The molecule has 1 fully saturated rings. The number of nitrogens with zero attached hydrogens (tertiary/aromatic N) is 1. The van der Waals surface area contributed by atoms with E-state index in [1.54, 1.807) is 0 Å². The van der Waals surface area contributed by atoms with Crippen molar-refractivity contribution in [1.29, 1.82) is 0 Å². The van der Waals surface area contributed by atoms with E-state index < -0.39 is 0 Å². The van der Waals surface area contributed by atoms with Gasteiger partial charge in [-0.25, -0.2) is 0 Å². The van der Waals surface area contributed by atoms with Gasteiger partial charge < -0.3 is 4.74 Å². The molecule has 1 saturated heterocycles. The Labute approximate surface area is 121 Å². The highest BCUT2D eigenvalue weighted by molar-refractivity contribution is 6.18. The molecule has 0 aliphatic carbocycles. The number of alkyl halides is 1. The first-order valence-corrected chi connectivity index (χ1v) is 7.78. The molecule has 0 amide bonds. The standard InChI is InChI=1S/C16H24ClNO/c1-14-13-19-16(11-17)12-18(14)10-6-5-9-15-7-3-2-4-8-15/h2-4,7-8,14,16H,5-6,9-13H2,1H3. The molecule has 0 bridgehead atoms. The summed E-state index contributed by atoms with van der Waals surface area (Å²) in [7, 11) is 0. The predicted octanol–water partition coefficient (Wildman–Crippen LogP) is 3.34. The van der Waals surface area contributed by atoms with Crippen LogP contribution in [0.15, 0.2) is 30.3 Å². The summed E-state index contributed by atoms with van der Waals surface area (Å²) in [5.41, 5.74) is 1.44. The number of aryl methyl sites for hydroxylation is 1. The van der Waals surface area contributed by atoms with Gasteiger partial charge in [0.05, 0.1) is 12.7 Å². The molecule has 2 rings (SSSR count). The summed E-state index contributed by atoms with van der Waals surface area (Å²) in [4.78, 5) is 2.52. The first-order valence-electron chi connectivity index (χ1n) is 7.25. The van der Waals surface area contributed by atoms with E-state index in [4.69, 9.17) is 16.3 Å². The molecule has 0 spiro atoms. The Morgan fingerprint density at radius 2 is 2.05 bits per heavy atom. The maximum Gasteiger partial charge on any atom is 0.0837 e. The summed E-state index contributed by atoms with van der Waals surface area (Å²) in [6.07, 6.45) is 3.89. The normalized spacial score (nSPS) is 24.5. The summed E-state index contributed by atoms with van der Waals surface area (Å²) in [5.74, 6) is 0.604. The van der Waals surface area contributed by atoms with Crippen molar-refractivity contribution >= 4 is 11.6 Å². The molecule has 2 nitrogen and oxygen atoms in total. The second-order valence-electron chi connectivity index (χ2n) is 5.40. The molecule has 2 atom stereocenters. The van der Waals surface area contributed by atoms with Gasteiger partial charge in [0.15, 0.2) is 0 Å². The zero-order valence-corrected chi connectivity index (χ0v) is 12.5. The second-order valence-corrected chi connectivity index (χ2v) is 5.70. The van der Waals surface area contributed by atoms with Crippen LogP contribution in [-0.4, -0.2) is 42.6 Å². The summed E-state index contributed by atoms with van der Waals surface area (Å²) in [5, 5.41) is 0. The molecule has 0 aromatic heterocycles. The monoisotopic (exact) mass is 281 g/mol. The van der Waals surface area contributed by atoms with Crippen molar-refractivity contribution < 1.29 is 4.74 Å². The molecule has 106 valence electrons. The van der Waals surface area contributed by atoms with Gasteiger partial charge in [0.25, 0.3) is 0 Å². The fourth-order valence-electron chi connectivity index (χ4n) is 2.57. The summed E-state index contributed by atoms with van der Waals surface area (Å²) < 4.78 is 5.67. The van der Waals surface area contributed by atoms with Crippen LogP contribution in [0.4, 0.5) is 0 Å². The number of morpholine rings is 1. The number of halogens is 1. The van der Waals surface area contributed by atoms with Crippen LogP contribution in [-0.2, 0) is 11.2 Å². The predicted molar refractivity (Wildman–Crippen MR) is 80.9 cm³/mol. The van der Waals surface area contributed by atoms with Crippen molar-refractivity contribution in [2.45, 2.75) is 38.3 Å². The lowest BCUT2D eigenvalue weighted by molar-refractivity contribution is -0.0479. The Kier molecular flexibility index (Phi) is 6.15. The molecule has 0 radical (unpaired) electrons. The summed E-state index contributed by atoms with van der Waals surface area (Å²) >= 11 is 5.88. The highest BCUT2D eigenvalue weighted by Crippen LogP contribution is 2.14. The molecule has 1 aromatic carbocycles. The average Bonchev–Trinajstić information content (AvgIpc) is 2.46. The third-order valence-electron chi connectivity index (χ3n) is 3.81. The van der Waals surface area contributed by atoms with Crippen molar-refractivity contribution in [1.82, 2.24) is 4.90 Å². The first kappa shape index (κ1) is 14.8. The van der Waals surface area contributed by atoms with Crippen molar-refractivity contribution in [3.8, 4) is 0 Å². The Bertz CT molecular complexity index is 357. The van der Waals surface area contributed by atoms with Crippen LogP contribution in [0.25, 0.3) is 0 Å². The van der Waals surface area contributed by atoms with Crippen LogP contribution in [0.5, 0.6) is 0 Å². The van der Waals surface area contributed by atoms with Crippen LogP contribution >= 0.6 is 11.6 Å². The Hall–Kier alpha value is -0.570. The SMILES string of the molecule is CC1COC(CCl)CN1CCCCc1ccccc1. The van der Waals surface area contributed by atoms with E-state index in [-0.39, 0.29) is 6.10 Å². The van der Waals surface area contributed by atoms with Crippen molar-refractivity contribution in [2.75, 3.05) is 25.6 Å². The van der Waals surface area contributed by atoms with Gasteiger partial charge in [-0.1, -0.05) is 30.3 Å². The van der Waals surface area contributed by atoms with Crippen LogP contribution in [0.1, 0.15) is 25.3 Å². The van der Waals surface area contributed by atoms with Crippen molar-refractivity contribution in [3.05, 3.63) is 35.9 Å². The van der Waals surface area contributed by atoms with Crippen LogP contribution in [0.3, 0.4) is 0 Å². The third-order valence-corrected chi connectivity index (χ3v) is 4.15. The molecule has 1 heterocycles. The van der Waals surface area contributed by atoms with E-state index in [2.05, 4.69) is 42.2 Å². The number of benzene rings is 1. The second kappa shape index (κ2) is 7.88. The number of hydrogen-bond acceptors (Lipinski definition) is 2. The van der Waals surface area contributed by atoms with E-state index in [0.717, 1.165) is 19.7 Å². The molecule has 1 aliphatic rings. The third kappa shape index (κ3) is 4.79. The topological polar surface area (TPSA) is 12.5 Å². The van der Waals surface area contributed by atoms with Gasteiger partial charge in [-0.3, -0.25) is 4.90 Å². The fourth-order valence-corrected chi connectivity index (χ4v) is 2.76. The molecule has 1 aromatic rings. The minimum atomic E-state index is 0.215. The average molecular weight is 282 g/mol. The van der Waals surface area contributed by atoms with E-state index in [1.807, 2.05) is 0 Å². The van der Waals surface area contributed by atoms with Gasteiger partial charge in [0, 0.05) is 18.5 Å². The highest BCUT2D eigenvalue weighted by Gasteiger charge is 2.24. The van der Waals surface area contributed by atoms with Gasteiger partial charge in [0.1, 0.15) is 0 Å². The lowest BCUT2D eigenvalue weighted by Gasteiger charge is -2.37. The zero-order valence-electron chi connectivity index (χ0n) is 11.7. The molecule has 1 aliphatic heterocycles. The lowest BCUT2D eigenvalue weighted by atomic mass is 10.1. The van der Waals surface area contributed by atoms with Crippen LogP contribution < -0.4 is 0 Å². The van der Waals surface area contributed by atoms with E-state index in [9.17, 15) is 0 Å². The number of rotatable bonds is 6. The van der Waals surface area contributed by atoms with Crippen LogP contribution in [0, 0.1) is 0 Å². The number of unbranched alkanes of at least 4 members (excludes halogenated alkanes) is 1. The minimum Gasteiger partial charge on any atom is -0.374 e. The van der Waals surface area contributed by atoms with Gasteiger partial charge in [-0.05, 0) is 38.3 Å². The molecule has 0 N–H and O–H groups in total. The quantitative estimate of drug-likeness (QED) is 0.586. The largest absolute Gasteiger partial charge is 0.374 e. The summed E-state index contributed by atoms with van der Waals surface area (Å²) in [6, 6.07) is 11.2. The summed E-state index contributed by atoms with van der Waals surface area (Å²) in [6.45, 7) is 5.19. The zero-order chi connectivity index (χ0) is 13.5. The lowest BCUT2D eigenvalue weighted by Crippen LogP contribution is -2.49. The van der Waals surface area contributed by atoms with E-state index in [1.165, 1.54) is 24.8 Å². The van der Waals surface area contributed by atoms with E-state index in [0.29, 0.717) is 11.9 Å². The van der Waals surface area contributed by atoms with Gasteiger partial charge in [0.2, 0.25) is 0 Å². The number of hydrogen-bond donors (Lipinski definition) is 0. The van der Waals surface area contributed by atoms with Gasteiger partial charge >= 0.3 is 0 Å². The smallest absolute Gasteiger partial charge is 0.0837 e. The Balaban J connectivity index is 1.67. The maximum atomic E-state index is 5.88. The molecule has 2 unspecified atom stereocenters. The molecular weight excluding hydrogens is 258 g/mol. The fraction of sp³-hybridized carbons (Fsp3) is 0.625. The van der Waals surface area contributed by atoms with E-state index >= 15 is 0 Å². The molecule has 0 saturated carbocycles. The first-order chi connectivity index (χ1) is 9.29. The van der Waals surface area contributed by atoms with Gasteiger partial charge in [-0.2, -0.15) is 0 Å². The molecule has 3 heteroatoms. The maximum absolute atomic E-state index is 5.88. The minimum absolute atomic E-state index is 0.215. The molecular formula is C16H24ClNO.